The van der Waals surface area contributed by atoms with Gasteiger partial charge in [0.25, 0.3) is 5.91 Å². The van der Waals surface area contributed by atoms with Gasteiger partial charge in [-0.15, -0.1) is 0 Å². The molecule has 1 aromatic heterocycles. The number of nitrogens with one attached hydrogen (secondary N) is 1. The summed E-state index contributed by atoms with van der Waals surface area (Å²) in [5.41, 5.74) is 3.60. The van der Waals surface area contributed by atoms with Crippen molar-refractivity contribution < 1.29 is 4.79 Å². The molecule has 0 aliphatic carbocycles. The van der Waals surface area contributed by atoms with Gasteiger partial charge in [0.15, 0.2) is 0 Å². The average Bonchev–Trinajstić information content (AvgIpc) is 2.34. The predicted octanol–water partition coefficient (Wildman–Crippen LogP) is 3.60. The van der Waals surface area contributed by atoms with Crippen LogP contribution in [0, 0.1) is 13.8 Å². The second-order valence-corrected chi connectivity index (χ2v) is 4.51. The number of pyridine rings is 1. The highest BCUT2D eigenvalue weighted by Gasteiger charge is 2.06. The van der Waals surface area contributed by atoms with Crippen LogP contribution in [0.4, 0.5) is 5.69 Å². The molecule has 0 aliphatic heterocycles. The second-order valence-electron chi connectivity index (χ2n) is 4.12. The molecule has 0 bridgehead atoms. The molecule has 0 aliphatic rings. The van der Waals surface area contributed by atoms with E-state index in [1.54, 1.807) is 12.1 Å². The summed E-state index contributed by atoms with van der Waals surface area (Å²) >= 11 is 5.67. The quantitative estimate of drug-likeness (QED) is 0.839. The molecule has 2 aromatic rings. The number of aromatic nitrogens is 1. The maximum absolute atomic E-state index is 11.9. The van der Waals surface area contributed by atoms with Crippen LogP contribution in [-0.4, -0.2) is 10.9 Å². The van der Waals surface area contributed by atoms with Gasteiger partial charge >= 0.3 is 0 Å². The summed E-state index contributed by atoms with van der Waals surface area (Å²) in [6.07, 6.45) is 1.46. The highest BCUT2D eigenvalue weighted by molar-refractivity contribution is 6.29. The molecular formula is C14H13ClN2O. The molecule has 0 fully saturated rings. The number of amides is 1. The summed E-state index contributed by atoms with van der Waals surface area (Å²) in [4.78, 5) is 15.8. The lowest BCUT2D eigenvalue weighted by Crippen LogP contribution is -2.12. The standard InChI is InChI=1S/C14H13ClN2O/c1-9-3-5-12(7-10(9)2)17-14(18)11-4-6-13(15)16-8-11/h3-8H,1-2H3,(H,17,18). The fourth-order valence-electron chi connectivity index (χ4n) is 1.53. The molecule has 0 saturated heterocycles. The van der Waals surface area contributed by atoms with E-state index in [2.05, 4.69) is 10.3 Å². The van der Waals surface area contributed by atoms with Crippen LogP contribution in [0.2, 0.25) is 5.15 Å². The minimum Gasteiger partial charge on any atom is -0.322 e. The molecule has 1 aromatic carbocycles. The van der Waals surface area contributed by atoms with Crippen LogP contribution in [-0.2, 0) is 0 Å². The number of hydrogen-bond acceptors (Lipinski definition) is 2. The first-order valence-electron chi connectivity index (χ1n) is 5.56. The van der Waals surface area contributed by atoms with Gasteiger partial charge < -0.3 is 5.32 Å². The van der Waals surface area contributed by atoms with Crippen molar-refractivity contribution >= 4 is 23.2 Å². The second kappa shape index (κ2) is 5.19. The molecule has 1 amide bonds. The number of carbonyl (C=O) groups is 1. The Hall–Kier alpha value is -1.87. The summed E-state index contributed by atoms with van der Waals surface area (Å²) in [7, 11) is 0. The first kappa shape index (κ1) is 12.6. The number of hydrogen-bond donors (Lipinski definition) is 1. The number of benzene rings is 1. The van der Waals surface area contributed by atoms with E-state index in [1.165, 1.54) is 11.8 Å². The first-order chi connectivity index (χ1) is 8.56. The van der Waals surface area contributed by atoms with Crippen LogP contribution in [0.5, 0.6) is 0 Å². The number of rotatable bonds is 2. The molecule has 0 atom stereocenters. The predicted molar refractivity (Wildman–Crippen MR) is 73.1 cm³/mol. The molecule has 0 spiro atoms. The van der Waals surface area contributed by atoms with Gasteiger partial charge in [-0.1, -0.05) is 17.7 Å². The van der Waals surface area contributed by atoms with Crippen LogP contribution in [0.1, 0.15) is 21.5 Å². The smallest absolute Gasteiger partial charge is 0.257 e. The minimum absolute atomic E-state index is 0.192. The third-order valence-electron chi connectivity index (χ3n) is 2.75. The SMILES string of the molecule is Cc1ccc(NC(=O)c2ccc(Cl)nc2)cc1C. The van der Waals surface area contributed by atoms with E-state index in [-0.39, 0.29) is 5.91 Å². The molecular weight excluding hydrogens is 248 g/mol. The first-order valence-corrected chi connectivity index (χ1v) is 5.94. The van der Waals surface area contributed by atoms with Crippen molar-refractivity contribution in [2.24, 2.45) is 0 Å². The Morgan fingerprint density at radius 3 is 2.56 bits per heavy atom. The van der Waals surface area contributed by atoms with Gasteiger partial charge in [0.05, 0.1) is 5.56 Å². The zero-order chi connectivity index (χ0) is 13.1. The number of carbonyl (C=O) groups excluding carboxylic acids is 1. The van der Waals surface area contributed by atoms with Crippen molar-refractivity contribution in [1.82, 2.24) is 4.98 Å². The van der Waals surface area contributed by atoms with Crippen LogP contribution < -0.4 is 5.32 Å². The van der Waals surface area contributed by atoms with E-state index in [9.17, 15) is 4.79 Å². The zero-order valence-corrected chi connectivity index (χ0v) is 11.0. The minimum atomic E-state index is -0.192. The lowest BCUT2D eigenvalue weighted by atomic mass is 10.1. The molecule has 1 heterocycles. The lowest BCUT2D eigenvalue weighted by molar-refractivity contribution is 0.102. The third kappa shape index (κ3) is 2.87. The number of halogens is 1. The summed E-state index contributed by atoms with van der Waals surface area (Å²) in [6.45, 7) is 4.04. The monoisotopic (exact) mass is 260 g/mol. The van der Waals surface area contributed by atoms with Crippen molar-refractivity contribution in [3.63, 3.8) is 0 Å². The fraction of sp³-hybridized carbons (Fsp3) is 0.143. The summed E-state index contributed by atoms with van der Waals surface area (Å²) in [5, 5.41) is 3.20. The molecule has 4 heteroatoms. The van der Waals surface area contributed by atoms with E-state index in [4.69, 9.17) is 11.6 Å². The van der Waals surface area contributed by atoms with Gasteiger partial charge in [-0.25, -0.2) is 4.98 Å². The molecule has 0 saturated carbocycles. The fourth-order valence-corrected chi connectivity index (χ4v) is 1.64. The molecule has 92 valence electrons. The lowest BCUT2D eigenvalue weighted by Gasteiger charge is -2.07. The van der Waals surface area contributed by atoms with E-state index in [1.807, 2.05) is 32.0 Å². The average molecular weight is 261 g/mol. The molecule has 0 radical (unpaired) electrons. The maximum atomic E-state index is 11.9. The Labute approximate surface area is 111 Å². The van der Waals surface area contributed by atoms with Crippen LogP contribution in [0.25, 0.3) is 0 Å². The highest BCUT2D eigenvalue weighted by Crippen LogP contribution is 2.15. The molecule has 3 nitrogen and oxygen atoms in total. The van der Waals surface area contributed by atoms with Crippen LogP contribution in [0.15, 0.2) is 36.5 Å². The van der Waals surface area contributed by atoms with E-state index < -0.39 is 0 Å². The van der Waals surface area contributed by atoms with Gasteiger partial charge in [-0.2, -0.15) is 0 Å². The zero-order valence-electron chi connectivity index (χ0n) is 10.2. The van der Waals surface area contributed by atoms with Gasteiger partial charge in [-0.05, 0) is 49.2 Å². The van der Waals surface area contributed by atoms with Gasteiger partial charge in [0, 0.05) is 11.9 Å². The Kier molecular flexibility index (Phi) is 3.63. The van der Waals surface area contributed by atoms with Crippen molar-refractivity contribution in [3.05, 3.63) is 58.4 Å². The number of nitrogens with zero attached hydrogens (tertiary/aromatic N) is 1. The Bertz CT molecular complexity index is 579. The maximum Gasteiger partial charge on any atom is 0.257 e. The highest BCUT2D eigenvalue weighted by atomic mass is 35.5. The Morgan fingerprint density at radius 1 is 1.17 bits per heavy atom. The third-order valence-corrected chi connectivity index (χ3v) is 2.98. The number of anilines is 1. The summed E-state index contributed by atoms with van der Waals surface area (Å²) in [6, 6.07) is 9.04. The van der Waals surface area contributed by atoms with Crippen LogP contribution in [0.3, 0.4) is 0 Å². The topological polar surface area (TPSA) is 42.0 Å². The summed E-state index contributed by atoms with van der Waals surface area (Å²) in [5.74, 6) is -0.192. The number of aryl methyl sites for hydroxylation is 2. The van der Waals surface area contributed by atoms with Crippen molar-refractivity contribution in [3.8, 4) is 0 Å². The van der Waals surface area contributed by atoms with Crippen molar-refractivity contribution in [2.75, 3.05) is 5.32 Å². The Balaban J connectivity index is 2.16. The normalized spacial score (nSPS) is 10.2. The molecule has 18 heavy (non-hydrogen) atoms. The Morgan fingerprint density at radius 2 is 1.94 bits per heavy atom. The summed E-state index contributed by atoms with van der Waals surface area (Å²) < 4.78 is 0. The van der Waals surface area contributed by atoms with Gasteiger partial charge in [0.1, 0.15) is 5.15 Å². The molecule has 2 rings (SSSR count). The van der Waals surface area contributed by atoms with E-state index >= 15 is 0 Å². The van der Waals surface area contributed by atoms with E-state index in [0.717, 1.165) is 11.3 Å². The molecule has 0 unspecified atom stereocenters. The van der Waals surface area contributed by atoms with Gasteiger partial charge in [0.2, 0.25) is 0 Å². The van der Waals surface area contributed by atoms with Crippen molar-refractivity contribution in [2.45, 2.75) is 13.8 Å². The molecule has 1 N–H and O–H groups in total. The van der Waals surface area contributed by atoms with Crippen molar-refractivity contribution in [1.29, 1.82) is 0 Å². The largest absolute Gasteiger partial charge is 0.322 e. The van der Waals surface area contributed by atoms with E-state index in [0.29, 0.717) is 10.7 Å². The van der Waals surface area contributed by atoms with Gasteiger partial charge in [-0.3, -0.25) is 4.79 Å². The van der Waals surface area contributed by atoms with Crippen LogP contribution >= 0.6 is 11.6 Å².